The van der Waals surface area contributed by atoms with Gasteiger partial charge in [0.15, 0.2) is 0 Å². The number of esters is 1. The minimum absolute atomic E-state index is 0.363. The van der Waals surface area contributed by atoms with Crippen molar-refractivity contribution < 1.29 is 9.53 Å². The van der Waals surface area contributed by atoms with Crippen LogP contribution in [0, 0.1) is 0 Å². The number of hydrogen-bond donors (Lipinski definition) is 1. The molecule has 0 unspecified atom stereocenters. The van der Waals surface area contributed by atoms with Crippen molar-refractivity contribution in [2.24, 2.45) is 0 Å². The number of hydrogen-bond acceptors (Lipinski definition) is 5. The van der Waals surface area contributed by atoms with Gasteiger partial charge >= 0.3 is 5.97 Å². The van der Waals surface area contributed by atoms with Crippen molar-refractivity contribution in [1.82, 2.24) is 4.98 Å². The number of pyridine rings is 1. The molecule has 18 heavy (non-hydrogen) atoms. The molecule has 4 nitrogen and oxygen atoms in total. The van der Waals surface area contributed by atoms with Gasteiger partial charge in [-0.2, -0.15) is 0 Å². The van der Waals surface area contributed by atoms with Crippen LogP contribution in [-0.4, -0.2) is 18.1 Å². The molecular formula is C12H11BrN2O2S. The lowest BCUT2D eigenvalue weighted by molar-refractivity contribution is 0.0600. The number of carbonyl (C=O) groups is 1. The van der Waals surface area contributed by atoms with Gasteiger partial charge in [-0.05, 0) is 39.5 Å². The van der Waals surface area contributed by atoms with E-state index in [9.17, 15) is 4.79 Å². The molecule has 2 rings (SSSR count). The van der Waals surface area contributed by atoms with Crippen molar-refractivity contribution in [3.8, 4) is 0 Å². The fourth-order valence-electron chi connectivity index (χ4n) is 1.39. The van der Waals surface area contributed by atoms with E-state index in [0.717, 1.165) is 4.47 Å². The lowest BCUT2D eigenvalue weighted by Crippen LogP contribution is -2.05. The molecule has 94 valence electrons. The maximum absolute atomic E-state index is 11.4. The largest absolute Gasteiger partial charge is 0.465 e. The Morgan fingerprint density at radius 2 is 2.39 bits per heavy atom. The molecule has 0 aliphatic heterocycles. The van der Waals surface area contributed by atoms with Gasteiger partial charge in [0, 0.05) is 15.5 Å². The van der Waals surface area contributed by atoms with Gasteiger partial charge in [0.1, 0.15) is 5.82 Å². The van der Waals surface area contributed by atoms with Crippen molar-refractivity contribution in [3.63, 3.8) is 0 Å². The van der Waals surface area contributed by atoms with Crippen molar-refractivity contribution in [2.45, 2.75) is 6.54 Å². The first-order chi connectivity index (χ1) is 8.70. The number of carbonyl (C=O) groups excluding carboxylic acids is 1. The predicted octanol–water partition coefficient (Wildman–Crippen LogP) is 3.30. The normalized spacial score (nSPS) is 10.1. The molecule has 0 amide bonds. The number of nitrogens with one attached hydrogen (secondary N) is 1. The molecule has 2 aromatic rings. The fourth-order valence-corrected chi connectivity index (χ4v) is 2.83. The van der Waals surface area contributed by atoms with Gasteiger partial charge in [-0.15, -0.1) is 11.3 Å². The third kappa shape index (κ3) is 3.08. The molecule has 0 bridgehead atoms. The zero-order valence-electron chi connectivity index (χ0n) is 9.64. The Morgan fingerprint density at radius 3 is 3.06 bits per heavy atom. The zero-order chi connectivity index (χ0) is 13.0. The summed E-state index contributed by atoms with van der Waals surface area (Å²) in [5.41, 5.74) is 0.486. The Labute approximate surface area is 117 Å². The molecule has 1 N–H and O–H groups in total. The SMILES string of the molecule is COC(=O)c1ccnc(NCc2sccc2Br)c1. The number of rotatable bonds is 4. The minimum Gasteiger partial charge on any atom is -0.465 e. The Morgan fingerprint density at radius 1 is 1.56 bits per heavy atom. The van der Waals surface area contributed by atoms with Crippen LogP contribution >= 0.6 is 27.3 Å². The summed E-state index contributed by atoms with van der Waals surface area (Å²) < 4.78 is 5.73. The molecule has 0 fully saturated rings. The number of ether oxygens (including phenoxy) is 1. The lowest BCUT2D eigenvalue weighted by atomic mass is 10.2. The summed E-state index contributed by atoms with van der Waals surface area (Å²) in [6.45, 7) is 0.663. The summed E-state index contributed by atoms with van der Waals surface area (Å²) in [6.07, 6.45) is 1.58. The number of halogens is 1. The number of aromatic nitrogens is 1. The highest BCUT2D eigenvalue weighted by molar-refractivity contribution is 9.10. The van der Waals surface area contributed by atoms with Gasteiger partial charge in [-0.25, -0.2) is 9.78 Å². The Balaban J connectivity index is 2.06. The highest BCUT2D eigenvalue weighted by atomic mass is 79.9. The van der Waals surface area contributed by atoms with E-state index in [1.54, 1.807) is 29.7 Å². The summed E-state index contributed by atoms with van der Waals surface area (Å²) in [7, 11) is 1.36. The van der Waals surface area contributed by atoms with Crippen LogP contribution in [0.25, 0.3) is 0 Å². The van der Waals surface area contributed by atoms with Gasteiger partial charge in [0.25, 0.3) is 0 Å². The maximum atomic E-state index is 11.4. The molecule has 0 aliphatic rings. The van der Waals surface area contributed by atoms with E-state index in [0.29, 0.717) is 17.9 Å². The maximum Gasteiger partial charge on any atom is 0.338 e. The lowest BCUT2D eigenvalue weighted by Gasteiger charge is -2.06. The molecule has 0 atom stereocenters. The van der Waals surface area contributed by atoms with E-state index in [1.165, 1.54) is 12.0 Å². The van der Waals surface area contributed by atoms with Crippen LogP contribution in [0.1, 0.15) is 15.2 Å². The summed E-state index contributed by atoms with van der Waals surface area (Å²) in [6, 6.07) is 5.30. The minimum atomic E-state index is -0.363. The molecule has 6 heteroatoms. The second-order valence-corrected chi connectivity index (χ2v) is 5.32. The fraction of sp³-hybridized carbons (Fsp3) is 0.167. The van der Waals surface area contributed by atoms with Gasteiger partial charge < -0.3 is 10.1 Å². The van der Waals surface area contributed by atoms with Crippen LogP contribution in [0.5, 0.6) is 0 Å². The molecule has 0 spiro atoms. The van der Waals surface area contributed by atoms with Crippen LogP contribution in [0.4, 0.5) is 5.82 Å². The first kappa shape index (κ1) is 13.0. The standard InChI is InChI=1S/C12H11BrN2O2S/c1-17-12(16)8-2-4-14-11(6-8)15-7-10-9(13)3-5-18-10/h2-6H,7H2,1H3,(H,14,15). The molecule has 0 aliphatic carbocycles. The van der Waals surface area contributed by atoms with Gasteiger partial charge in [-0.3, -0.25) is 0 Å². The van der Waals surface area contributed by atoms with Crippen molar-refractivity contribution in [3.05, 3.63) is 44.7 Å². The van der Waals surface area contributed by atoms with E-state index in [-0.39, 0.29) is 5.97 Å². The van der Waals surface area contributed by atoms with E-state index >= 15 is 0 Å². The van der Waals surface area contributed by atoms with Crippen molar-refractivity contribution >= 4 is 39.1 Å². The third-order valence-electron chi connectivity index (χ3n) is 2.30. The van der Waals surface area contributed by atoms with E-state index < -0.39 is 0 Å². The Hall–Kier alpha value is -1.40. The summed E-state index contributed by atoms with van der Waals surface area (Å²) in [5, 5.41) is 5.18. The first-order valence-electron chi connectivity index (χ1n) is 5.21. The van der Waals surface area contributed by atoms with Crippen LogP contribution in [0.15, 0.2) is 34.2 Å². The highest BCUT2D eigenvalue weighted by Crippen LogP contribution is 2.23. The number of methoxy groups -OCH3 is 1. The highest BCUT2D eigenvalue weighted by Gasteiger charge is 2.07. The number of anilines is 1. The Bertz CT molecular complexity index is 557. The smallest absolute Gasteiger partial charge is 0.338 e. The summed E-state index contributed by atoms with van der Waals surface area (Å²) in [4.78, 5) is 16.7. The second kappa shape index (κ2) is 5.97. The topological polar surface area (TPSA) is 51.2 Å². The van der Waals surface area contributed by atoms with Gasteiger partial charge in [0.05, 0.1) is 19.2 Å². The van der Waals surface area contributed by atoms with E-state index in [4.69, 9.17) is 0 Å². The van der Waals surface area contributed by atoms with E-state index in [2.05, 4.69) is 31.0 Å². The predicted molar refractivity (Wildman–Crippen MR) is 74.9 cm³/mol. The molecule has 2 heterocycles. The monoisotopic (exact) mass is 326 g/mol. The summed E-state index contributed by atoms with van der Waals surface area (Å²) >= 11 is 5.12. The van der Waals surface area contributed by atoms with Crippen LogP contribution in [0.3, 0.4) is 0 Å². The Kier molecular flexibility index (Phi) is 4.33. The quantitative estimate of drug-likeness (QED) is 0.876. The molecule has 0 saturated carbocycles. The van der Waals surface area contributed by atoms with Gasteiger partial charge in [-0.1, -0.05) is 0 Å². The van der Waals surface area contributed by atoms with Crippen molar-refractivity contribution in [2.75, 3.05) is 12.4 Å². The van der Waals surface area contributed by atoms with Crippen molar-refractivity contribution in [1.29, 1.82) is 0 Å². The first-order valence-corrected chi connectivity index (χ1v) is 6.88. The summed E-state index contributed by atoms with van der Waals surface area (Å²) in [5.74, 6) is 0.288. The second-order valence-electron chi connectivity index (χ2n) is 3.47. The number of thiophene rings is 1. The molecular weight excluding hydrogens is 316 g/mol. The van der Waals surface area contributed by atoms with Crippen LogP contribution < -0.4 is 5.32 Å². The average molecular weight is 327 g/mol. The zero-order valence-corrected chi connectivity index (χ0v) is 12.0. The van der Waals surface area contributed by atoms with Crippen LogP contribution in [-0.2, 0) is 11.3 Å². The molecule has 0 saturated heterocycles. The average Bonchev–Trinajstić information content (AvgIpc) is 2.81. The van der Waals surface area contributed by atoms with Gasteiger partial charge in [0.2, 0.25) is 0 Å². The van der Waals surface area contributed by atoms with Crippen LogP contribution in [0.2, 0.25) is 0 Å². The number of nitrogens with zero attached hydrogens (tertiary/aromatic N) is 1. The molecule has 2 aromatic heterocycles. The van der Waals surface area contributed by atoms with E-state index in [1.807, 2.05) is 11.4 Å². The third-order valence-corrected chi connectivity index (χ3v) is 4.23. The molecule has 0 aromatic carbocycles. The molecule has 0 radical (unpaired) electrons.